The molecule has 0 fully saturated rings. The standard InChI is InChI=1S/C9H10F3N3/c10-9(11,12)3-8-14-5-6-4-13-2-1-7(6)15-8/h5,13H,1-4H2. The van der Waals surface area contributed by atoms with Gasteiger partial charge in [-0.2, -0.15) is 13.2 Å². The summed E-state index contributed by atoms with van der Waals surface area (Å²) in [7, 11) is 0. The van der Waals surface area contributed by atoms with Crippen molar-refractivity contribution in [1.82, 2.24) is 15.3 Å². The largest absolute Gasteiger partial charge is 0.396 e. The van der Waals surface area contributed by atoms with E-state index in [-0.39, 0.29) is 5.82 Å². The van der Waals surface area contributed by atoms with E-state index < -0.39 is 12.6 Å². The number of fused-ring (bicyclic) bond motifs is 1. The molecule has 1 N–H and O–H groups in total. The van der Waals surface area contributed by atoms with E-state index in [9.17, 15) is 13.2 Å². The number of halogens is 3. The minimum absolute atomic E-state index is 0.136. The molecule has 1 aliphatic rings. The molecule has 0 saturated heterocycles. The van der Waals surface area contributed by atoms with Crippen LogP contribution in [0.2, 0.25) is 0 Å². The van der Waals surface area contributed by atoms with E-state index in [4.69, 9.17) is 0 Å². The van der Waals surface area contributed by atoms with Gasteiger partial charge in [0.2, 0.25) is 0 Å². The monoisotopic (exact) mass is 217 g/mol. The van der Waals surface area contributed by atoms with Gasteiger partial charge in [-0.3, -0.25) is 0 Å². The molecule has 82 valence electrons. The molecule has 1 aromatic rings. The highest BCUT2D eigenvalue weighted by Crippen LogP contribution is 2.20. The van der Waals surface area contributed by atoms with Crippen LogP contribution in [0.3, 0.4) is 0 Å². The van der Waals surface area contributed by atoms with Crippen molar-refractivity contribution in [3.05, 3.63) is 23.3 Å². The molecule has 3 nitrogen and oxygen atoms in total. The van der Waals surface area contributed by atoms with Gasteiger partial charge in [-0.15, -0.1) is 0 Å². The average Bonchev–Trinajstić information content (AvgIpc) is 2.15. The zero-order chi connectivity index (χ0) is 10.9. The Bertz CT molecular complexity index is 362. The Balaban J connectivity index is 2.21. The minimum atomic E-state index is -4.23. The van der Waals surface area contributed by atoms with Gasteiger partial charge >= 0.3 is 6.18 Å². The van der Waals surface area contributed by atoms with E-state index in [1.54, 1.807) is 0 Å². The highest BCUT2D eigenvalue weighted by molar-refractivity contribution is 5.20. The van der Waals surface area contributed by atoms with Crippen molar-refractivity contribution in [3.63, 3.8) is 0 Å². The van der Waals surface area contributed by atoms with Gasteiger partial charge in [0.25, 0.3) is 0 Å². The molecule has 0 aliphatic carbocycles. The first-order valence-electron chi connectivity index (χ1n) is 4.66. The number of hydrogen-bond donors (Lipinski definition) is 1. The molecule has 0 bridgehead atoms. The molecule has 0 atom stereocenters. The smallest absolute Gasteiger partial charge is 0.312 e. The lowest BCUT2D eigenvalue weighted by molar-refractivity contribution is -0.128. The van der Waals surface area contributed by atoms with E-state index in [1.807, 2.05) is 0 Å². The Kier molecular flexibility index (Phi) is 2.60. The van der Waals surface area contributed by atoms with Gasteiger partial charge in [-0.1, -0.05) is 0 Å². The third kappa shape index (κ3) is 2.65. The molecular formula is C9H10F3N3. The van der Waals surface area contributed by atoms with E-state index in [2.05, 4.69) is 15.3 Å². The molecule has 0 saturated carbocycles. The predicted octanol–water partition coefficient (Wildman–Crippen LogP) is 1.23. The molecule has 0 spiro atoms. The van der Waals surface area contributed by atoms with Crippen LogP contribution >= 0.6 is 0 Å². The predicted molar refractivity (Wildman–Crippen MR) is 47.2 cm³/mol. The lowest BCUT2D eigenvalue weighted by Gasteiger charge is -2.16. The highest BCUT2D eigenvalue weighted by Gasteiger charge is 2.29. The van der Waals surface area contributed by atoms with Crippen molar-refractivity contribution >= 4 is 0 Å². The molecular weight excluding hydrogens is 207 g/mol. The molecule has 1 aliphatic heterocycles. The van der Waals surface area contributed by atoms with Crippen LogP contribution < -0.4 is 5.32 Å². The molecule has 15 heavy (non-hydrogen) atoms. The van der Waals surface area contributed by atoms with Crippen LogP contribution in [0, 0.1) is 0 Å². The Morgan fingerprint density at radius 3 is 2.93 bits per heavy atom. The van der Waals surface area contributed by atoms with Gasteiger partial charge in [-0.25, -0.2) is 9.97 Å². The van der Waals surface area contributed by atoms with Crippen LogP contribution in [-0.4, -0.2) is 22.7 Å². The maximum Gasteiger partial charge on any atom is 0.396 e. The topological polar surface area (TPSA) is 37.8 Å². The first kappa shape index (κ1) is 10.4. The van der Waals surface area contributed by atoms with Crippen LogP contribution in [-0.2, 0) is 19.4 Å². The minimum Gasteiger partial charge on any atom is -0.312 e. The average molecular weight is 217 g/mol. The van der Waals surface area contributed by atoms with Gasteiger partial charge in [0, 0.05) is 37.0 Å². The number of hydrogen-bond acceptors (Lipinski definition) is 3. The van der Waals surface area contributed by atoms with E-state index in [0.29, 0.717) is 13.0 Å². The molecule has 2 rings (SSSR count). The molecule has 6 heteroatoms. The second kappa shape index (κ2) is 3.77. The van der Waals surface area contributed by atoms with Crippen molar-refractivity contribution in [2.75, 3.05) is 6.54 Å². The van der Waals surface area contributed by atoms with Crippen LogP contribution in [0.15, 0.2) is 6.20 Å². The first-order chi connectivity index (χ1) is 7.04. The summed E-state index contributed by atoms with van der Waals surface area (Å²) in [4.78, 5) is 7.63. The molecule has 1 aromatic heterocycles. The van der Waals surface area contributed by atoms with Gasteiger partial charge < -0.3 is 5.32 Å². The second-order valence-electron chi connectivity index (χ2n) is 3.48. The zero-order valence-corrected chi connectivity index (χ0v) is 7.93. The fourth-order valence-corrected chi connectivity index (χ4v) is 1.54. The van der Waals surface area contributed by atoms with Crippen LogP contribution in [0.25, 0.3) is 0 Å². The summed E-state index contributed by atoms with van der Waals surface area (Å²) in [5.41, 5.74) is 1.63. The number of nitrogens with one attached hydrogen (secondary N) is 1. The van der Waals surface area contributed by atoms with Crippen molar-refractivity contribution in [2.24, 2.45) is 0 Å². The highest BCUT2D eigenvalue weighted by atomic mass is 19.4. The SMILES string of the molecule is FC(F)(F)Cc1ncc2c(n1)CCNC2. The van der Waals surface area contributed by atoms with Crippen molar-refractivity contribution in [3.8, 4) is 0 Å². The second-order valence-corrected chi connectivity index (χ2v) is 3.48. The normalized spacial score (nSPS) is 16.2. The zero-order valence-electron chi connectivity index (χ0n) is 7.93. The van der Waals surface area contributed by atoms with Gasteiger partial charge in [0.05, 0.1) is 0 Å². The summed E-state index contributed by atoms with van der Waals surface area (Å²) in [6.07, 6.45) is -3.13. The molecule has 0 radical (unpaired) electrons. The van der Waals surface area contributed by atoms with Gasteiger partial charge in [0.1, 0.15) is 12.2 Å². The fourth-order valence-electron chi connectivity index (χ4n) is 1.54. The van der Waals surface area contributed by atoms with E-state index >= 15 is 0 Å². The summed E-state index contributed by atoms with van der Waals surface area (Å²) < 4.78 is 36.2. The van der Waals surface area contributed by atoms with E-state index in [0.717, 1.165) is 17.8 Å². The number of alkyl halides is 3. The van der Waals surface area contributed by atoms with Gasteiger partial charge in [0.15, 0.2) is 0 Å². The van der Waals surface area contributed by atoms with E-state index in [1.165, 1.54) is 6.20 Å². The molecule has 0 aromatic carbocycles. The maximum absolute atomic E-state index is 12.1. The van der Waals surface area contributed by atoms with Gasteiger partial charge in [-0.05, 0) is 0 Å². The molecule has 2 heterocycles. The molecule has 0 unspecified atom stereocenters. The Labute approximate surface area is 84.7 Å². The Morgan fingerprint density at radius 1 is 1.40 bits per heavy atom. The van der Waals surface area contributed by atoms with Crippen molar-refractivity contribution < 1.29 is 13.2 Å². The third-order valence-electron chi connectivity index (χ3n) is 2.22. The summed E-state index contributed by atoms with van der Waals surface area (Å²) in [5.74, 6) is -0.136. The first-order valence-corrected chi connectivity index (χ1v) is 4.66. The summed E-state index contributed by atoms with van der Waals surface area (Å²) in [6.45, 7) is 1.40. The lowest BCUT2D eigenvalue weighted by Crippen LogP contribution is -2.26. The molecule has 0 amide bonds. The van der Waals surface area contributed by atoms with Crippen molar-refractivity contribution in [2.45, 2.75) is 25.6 Å². The quantitative estimate of drug-likeness (QED) is 0.768. The number of rotatable bonds is 1. The van der Waals surface area contributed by atoms with Crippen LogP contribution in [0.4, 0.5) is 13.2 Å². The summed E-state index contributed by atoms with van der Waals surface area (Å²) in [6, 6.07) is 0. The van der Waals surface area contributed by atoms with Crippen molar-refractivity contribution in [1.29, 1.82) is 0 Å². The number of aromatic nitrogens is 2. The lowest BCUT2D eigenvalue weighted by atomic mass is 10.1. The Hall–Kier alpha value is -1.17. The maximum atomic E-state index is 12.1. The third-order valence-corrected chi connectivity index (χ3v) is 2.22. The number of nitrogens with zero attached hydrogens (tertiary/aromatic N) is 2. The Morgan fingerprint density at radius 2 is 2.20 bits per heavy atom. The summed E-state index contributed by atoms with van der Waals surface area (Å²) >= 11 is 0. The summed E-state index contributed by atoms with van der Waals surface area (Å²) in [5, 5.41) is 3.11. The fraction of sp³-hybridized carbons (Fsp3) is 0.556. The van der Waals surface area contributed by atoms with Crippen LogP contribution in [0.5, 0.6) is 0 Å². The van der Waals surface area contributed by atoms with Crippen LogP contribution in [0.1, 0.15) is 17.1 Å².